The number of carbonyl (C=O) groups excluding carboxylic acids is 1. The molecule has 0 aromatic heterocycles. The van der Waals surface area contributed by atoms with Crippen LogP contribution in [0.15, 0.2) is 42.5 Å². The molecule has 0 bridgehead atoms. The lowest BCUT2D eigenvalue weighted by molar-refractivity contribution is -0.384. The van der Waals surface area contributed by atoms with Gasteiger partial charge in [-0.3, -0.25) is 15.0 Å². The second kappa shape index (κ2) is 9.02. The van der Waals surface area contributed by atoms with Gasteiger partial charge in [0, 0.05) is 18.7 Å². The van der Waals surface area contributed by atoms with Crippen molar-refractivity contribution in [3.8, 4) is 5.75 Å². The first-order chi connectivity index (χ1) is 14.6. The number of benzene rings is 2. The van der Waals surface area contributed by atoms with Crippen molar-refractivity contribution in [2.75, 3.05) is 23.4 Å². The average Bonchev–Trinajstić information content (AvgIpc) is 3.19. The third-order valence-electron chi connectivity index (χ3n) is 5.48. The summed E-state index contributed by atoms with van der Waals surface area (Å²) in [6.45, 7) is 1.12. The molecule has 4 rings (SSSR count). The van der Waals surface area contributed by atoms with Crippen LogP contribution in [0.3, 0.4) is 0 Å². The number of nitrogens with zero attached hydrogens (tertiary/aromatic N) is 2. The number of amides is 1. The van der Waals surface area contributed by atoms with Crippen molar-refractivity contribution in [1.82, 2.24) is 0 Å². The monoisotopic (exact) mass is 411 g/mol. The smallest absolute Gasteiger partial charge is 0.414 e. The van der Waals surface area contributed by atoms with Crippen LogP contribution in [0.2, 0.25) is 0 Å². The van der Waals surface area contributed by atoms with Crippen LogP contribution < -0.4 is 15.0 Å². The lowest BCUT2D eigenvalue weighted by Crippen LogP contribution is -2.24. The number of nitrogens with one attached hydrogen (secondary N) is 1. The number of rotatable bonds is 7. The predicted octanol–water partition coefficient (Wildman–Crippen LogP) is 4.88. The Morgan fingerprint density at radius 3 is 2.73 bits per heavy atom. The maximum absolute atomic E-state index is 12.0. The van der Waals surface area contributed by atoms with Gasteiger partial charge in [0.2, 0.25) is 0 Å². The van der Waals surface area contributed by atoms with Gasteiger partial charge in [-0.25, -0.2) is 4.79 Å². The Bertz CT molecular complexity index is 927. The summed E-state index contributed by atoms with van der Waals surface area (Å²) in [6.07, 6.45) is 5.69. The van der Waals surface area contributed by atoms with Crippen LogP contribution in [0.5, 0.6) is 5.75 Å². The zero-order valence-corrected chi connectivity index (χ0v) is 16.7. The predicted molar refractivity (Wildman–Crippen MR) is 113 cm³/mol. The van der Waals surface area contributed by atoms with Crippen molar-refractivity contribution in [2.45, 2.75) is 44.8 Å². The molecule has 2 aromatic rings. The highest BCUT2D eigenvalue weighted by atomic mass is 16.6. The zero-order chi connectivity index (χ0) is 20.9. The molecule has 1 heterocycles. The van der Waals surface area contributed by atoms with Gasteiger partial charge in [-0.15, -0.1) is 0 Å². The van der Waals surface area contributed by atoms with Crippen LogP contribution >= 0.6 is 0 Å². The Balaban J connectivity index is 1.48. The number of cyclic esters (lactones) is 1. The van der Waals surface area contributed by atoms with Crippen molar-refractivity contribution >= 4 is 23.2 Å². The highest BCUT2D eigenvalue weighted by Crippen LogP contribution is 2.33. The van der Waals surface area contributed by atoms with Crippen molar-refractivity contribution in [3.63, 3.8) is 0 Å². The summed E-state index contributed by atoms with van der Waals surface area (Å²) in [5, 5.41) is 14.5. The quantitative estimate of drug-likeness (QED) is 0.516. The minimum atomic E-state index is -0.499. The summed E-state index contributed by atoms with van der Waals surface area (Å²) < 4.78 is 11.1. The van der Waals surface area contributed by atoms with Crippen LogP contribution in [0.4, 0.5) is 21.9 Å². The summed E-state index contributed by atoms with van der Waals surface area (Å²) in [5.74, 6) is 0.855. The number of ether oxygens (including phenoxy) is 2. The van der Waals surface area contributed by atoms with Crippen molar-refractivity contribution < 1.29 is 19.2 Å². The standard InChI is InChI=1S/C22H25N3O5/c26-22-24(11-12-29-22)21-14-17(25(27)28)9-10-20(21)23-15-16-5-4-8-19(13-16)30-18-6-2-1-3-7-18/h4-5,8-10,13-14,18,23H,1-3,6-7,11-12,15H2. The largest absolute Gasteiger partial charge is 0.490 e. The van der Waals surface area contributed by atoms with E-state index < -0.39 is 11.0 Å². The fraction of sp³-hybridized carbons (Fsp3) is 0.409. The minimum Gasteiger partial charge on any atom is -0.490 e. The molecule has 0 radical (unpaired) electrons. The first-order valence-corrected chi connectivity index (χ1v) is 10.3. The molecule has 30 heavy (non-hydrogen) atoms. The Labute approximate surface area is 174 Å². The average molecular weight is 411 g/mol. The van der Waals surface area contributed by atoms with Gasteiger partial charge in [0.05, 0.1) is 28.9 Å². The normalized spacial score (nSPS) is 16.9. The fourth-order valence-corrected chi connectivity index (χ4v) is 3.92. The van der Waals surface area contributed by atoms with E-state index in [0.717, 1.165) is 24.2 Å². The Morgan fingerprint density at radius 2 is 2.00 bits per heavy atom. The Kier molecular flexibility index (Phi) is 6.02. The molecule has 0 spiro atoms. The molecule has 1 aliphatic heterocycles. The number of nitro groups is 1. The summed E-state index contributed by atoms with van der Waals surface area (Å²) in [7, 11) is 0. The molecular formula is C22H25N3O5. The number of hydrogen-bond acceptors (Lipinski definition) is 6. The molecule has 8 heteroatoms. The Morgan fingerprint density at radius 1 is 1.17 bits per heavy atom. The van der Waals surface area contributed by atoms with E-state index in [1.165, 1.54) is 36.3 Å². The molecule has 1 N–H and O–H groups in total. The zero-order valence-electron chi connectivity index (χ0n) is 16.7. The number of hydrogen-bond donors (Lipinski definition) is 1. The van der Waals surface area contributed by atoms with E-state index in [9.17, 15) is 14.9 Å². The maximum Gasteiger partial charge on any atom is 0.414 e. The first-order valence-electron chi connectivity index (χ1n) is 10.3. The van der Waals surface area contributed by atoms with Crippen molar-refractivity contribution in [3.05, 3.63) is 58.1 Å². The van der Waals surface area contributed by atoms with Crippen LogP contribution in [-0.4, -0.2) is 30.3 Å². The summed E-state index contributed by atoms with van der Waals surface area (Å²) in [6, 6.07) is 12.4. The molecule has 2 fully saturated rings. The second-order valence-corrected chi connectivity index (χ2v) is 7.60. The molecule has 0 atom stereocenters. The van der Waals surface area contributed by atoms with E-state index in [2.05, 4.69) is 5.32 Å². The lowest BCUT2D eigenvalue weighted by atomic mass is 9.98. The van der Waals surface area contributed by atoms with E-state index in [4.69, 9.17) is 9.47 Å². The second-order valence-electron chi connectivity index (χ2n) is 7.60. The van der Waals surface area contributed by atoms with Gasteiger partial charge < -0.3 is 14.8 Å². The SMILES string of the molecule is O=C1OCCN1c1cc([N+](=O)[O-])ccc1NCc1cccc(OC2CCCCC2)c1. The van der Waals surface area contributed by atoms with Gasteiger partial charge >= 0.3 is 6.09 Å². The van der Waals surface area contributed by atoms with Crippen molar-refractivity contribution in [2.24, 2.45) is 0 Å². The van der Waals surface area contributed by atoms with E-state index >= 15 is 0 Å². The van der Waals surface area contributed by atoms with Gasteiger partial charge in [-0.2, -0.15) is 0 Å². The minimum absolute atomic E-state index is 0.0712. The molecule has 1 amide bonds. The van der Waals surface area contributed by atoms with E-state index in [1.807, 2.05) is 24.3 Å². The highest BCUT2D eigenvalue weighted by molar-refractivity contribution is 5.94. The molecule has 158 valence electrons. The van der Waals surface area contributed by atoms with E-state index in [0.29, 0.717) is 24.5 Å². The van der Waals surface area contributed by atoms with Gasteiger partial charge in [-0.05, 0) is 49.4 Å². The van der Waals surface area contributed by atoms with Crippen LogP contribution in [0, 0.1) is 10.1 Å². The molecule has 8 nitrogen and oxygen atoms in total. The van der Waals surface area contributed by atoms with Gasteiger partial charge in [-0.1, -0.05) is 18.6 Å². The number of anilines is 2. The third-order valence-corrected chi connectivity index (χ3v) is 5.48. The van der Waals surface area contributed by atoms with Crippen LogP contribution in [0.25, 0.3) is 0 Å². The molecule has 0 unspecified atom stereocenters. The Hall–Kier alpha value is -3.29. The molecule has 2 aromatic carbocycles. The maximum atomic E-state index is 12.0. The number of carbonyl (C=O) groups is 1. The summed E-state index contributed by atoms with van der Waals surface area (Å²) in [4.78, 5) is 24.1. The lowest BCUT2D eigenvalue weighted by Gasteiger charge is -2.23. The highest BCUT2D eigenvalue weighted by Gasteiger charge is 2.27. The molecule has 1 aliphatic carbocycles. The molecule has 1 saturated carbocycles. The third kappa shape index (κ3) is 4.64. The van der Waals surface area contributed by atoms with Gasteiger partial charge in [0.1, 0.15) is 12.4 Å². The molecule has 2 aliphatic rings. The van der Waals surface area contributed by atoms with Gasteiger partial charge in [0.25, 0.3) is 5.69 Å². The van der Waals surface area contributed by atoms with Crippen LogP contribution in [-0.2, 0) is 11.3 Å². The van der Waals surface area contributed by atoms with Crippen molar-refractivity contribution in [1.29, 1.82) is 0 Å². The topological polar surface area (TPSA) is 93.9 Å². The summed E-state index contributed by atoms with van der Waals surface area (Å²) >= 11 is 0. The van der Waals surface area contributed by atoms with E-state index in [1.54, 1.807) is 6.07 Å². The molecule has 1 saturated heterocycles. The fourth-order valence-electron chi connectivity index (χ4n) is 3.92. The number of nitro benzene ring substituents is 1. The van der Waals surface area contributed by atoms with E-state index in [-0.39, 0.29) is 18.4 Å². The first kappa shape index (κ1) is 20.0. The summed E-state index contributed by atoms with van der Waals surface area (Å²) in [5.41, 5.74) is 2.04. The van der Waals surface area contributed by atoms with Gasteiger partial charge in [0.15, 0.2) is 0 Å². The van der Waals surface area contributed by atoms with Crippen LogP contribution in [0.1, 0.15) is 37.7 Å². The molecular weight excluding hydrogens is 386 g/mol. The number of non-ortho nitro benzene ring substituents is 1.